The number of halogens is 3. The molecule has 1 aliphatic rings. The highest BCUT2D eigenvalue weighted by atomic mass is 19.4. The Labute approximate surface area is 181 Å². The minimum absolute atomic E-state index is 0.158. The first-order valence-corrected chi connectivity index (χ1v) is 9.77. The van der Waals surface area contributed by atoms with Gasteiger partial charge in [0.2, 0.25) is 0 Å². The van der Waals surface area contributed by atoms with E-state index in [-0.39, 0.29) is 18.9 Å². The Morgan fingerprint density at radius 1 is 1.22 bits per heavy atom. The summed E-state index contributed by atoms with van der Waals surface area (Å²) in [5.74, 6) is -1.81. The molecule has 0 fully saturated rings. The van der Waals surface area contributed by atoms with Crippen LogP contribution in [0, 0.1) is 11.3 Å². The molecule has 1 amide bonds. The van der Waals surface area contributed by atoms with Gasteiger partial charge >= 0.3 is 12.1 Å². The van der Waals surface area contributed by atoms with Crippen LogP contribution in [0.4, 0.5) is 13.2 Å². The number of aromatic nitrogens is 1. The van der Waals surface area contributed by atoms with Gasteiger partial charge in [0.05, 0.1) is 23.7 Å². The van der Waals surface area contributed by atoms with E-state index in [9.17, 15) is 22.8 Å². The highest BCUT2D eigenvalue weighted by molar-refractivity contribution is 6.20. The average molecular weight is 441 g/mol. The summed E-state index contributed by atoms with van der Waals surface area (Å²) in [5, 5.41) is 11.6. The van der Waals surface area contributed by atoms with Crippen molar-refractivity contribution in [3.63, 3.8) is 0 Å². The molecule has 0 unspecified atom stereocenters. The van der Waals surface area contributed by atoms with Crippen molar-refractivity contribution < 1.29 is 27.5 Å². The molecule has 6 nitrogen and oxygen atoms in total. The SMILES string of the molecule is CC1(C)c2cc(OCCNC(=O)C(F)(F)F)ccc2C(=O)c2c1[nH]c1cc(C#N)ccc21. The summed E-state index contributed by atoms with van der Waals surface area (Å²) in [4.78, 5) is 27.4. The van der Waals surface area contributed by atoms with Crippen molar-refractivity contribution in [2.75, 3.05) is 13.2 Å². The van der Waals surface area contributed by atoms with Gasteiger partial charge in [-0.25, -0.2) is 0 Å². The van der Waals surface area contributed by atoms with Gasteiger partial charge in [0, 0.05) is 27.6 Å². The summed E-state index contributed by atoms with van der Waals surface area (Å²) in [7, 11) is 0. The minimum atomic E-state index is -4.94. The Balaban J connectivity index is 1.62. The van der Waals surface area contributed by atoms with Gasteiger partial charge in [0.25, 0.3) is 0 Å². The molecule has 3 aromatic rings. The lowest BCUT2D eigenvalue weighted by molar-refractivity contribution is -0.173. The summed E-state index contributed by atoms with van der Waals surface area (Å²) >= 11 is 0. The molecule has 1 heterocycles. The first-order valence-electron chi connectivity index (χ1n) is 9.77. The summed E-state index contributed by atoms with van der Waals surface area (Å²) < 4.78 is 42.2. The maximum absolute atomic E-state index is 13.3. The summed E-state index contributed by atoms with van der Waals surface area (Å²) in [6.45, 7) is 3.42. The lowest BCUT2D eigenvalue weighted by Gasteiger charge is -2.32. The van der Waals surface area contributed by atoms with Crippen LogP contribution in [0.3, 0.4) is 0 Å². The van der Waals surface area contributed by atoms with Gasteiger partial charge < -0.3 is 15.0 Å². The van der Waals surface area contributed by atoms with Crippen molar-refractivity contribution in [2.24, 2.45) is 0 Å². The van der Waals surface area contributed by atoms with Crippen molar-refractivity contribution >= 4 is 22.6 Å². The molecular formula is C23H18F3N3O3. The van der Waals surface area contributed by atoms with Crippen LogP contribution < -0.4 is 10.1 Å². The van der Waals surface area contributed by atoms with Crippen LogP contribution in [0.25, 0.3) is 10.9 Å². The van der Waals surface area contributed by atoms with Gasteiger partial charge in [-0.2, -0.15) is 18.4 Å². The van der Waals surface area contributed by atoms with Gasteiger partial charge in [0.1, 0.15) is 12.4 Å². The predicted molar refractivity (Wildman–Crippen MR) is 110 cm³/mol. The van der Waals surface area contributed by atoms with E-state index < -0.39 is 17.5 Å². The number of amides is 1. The molecule has 0 spiro atoms. The number of aromatic amines is 1. The molecule has 2 aromatic carbocycles. The predicted octanol–water partition coefficient (Wildman–Crippen LogP) is 3.97. The number of ether oxygens (including phenoxy) is 1. The average Bonchev–Trinajstić information content (AvgIpc) is 3.14. The number of nitriles is 1. The van der Waals surface area contributed by atoms with E-state index in [1.807, 2.05) is 13.8 Å². The quantitative estimate of drug-likeness (QED) is 0.599. The smallest absolute Gasteiger partial charge is 0.471 e. The van der Waals surface area contributed by atoms with Crippen molar-refractivity contribution in [1.29, 1.82) is 5.26 Å². The molecule has 0 saturated heterocycles. The van der Waals surface area contributed by atoms with E-state index in [4.69, 9.17) is 10.00 Å². The standard InChI is InChI=1S/C23H18F3N3O3/c1-22(2)16-10-13(32-8-7-28-21(31)23(24,25)26)4-6-14(16)19(30)18-15-5-3-12(11-27)9-17(15)29-20(18)22/h3-6,9-10,29H,7-8H2,1-2H3,(H,28,31). The van der Waals surface area contributed by atoms with Gasteiger partial charge in [0.15, 0.2) is 5.78 Å². The number of nitrogens with zero attached hydrogens (tertiary/aromatic N) is 1. The zero-order valence-electron chi connectivity index (χ0n) is 17.2. The molecule has 9 heteroatoms. The first kappa shape index (κ1) is 21.4. The number of carbonyl (C=O) groups excluding carboxylic acids is 2. The van der Waals surface area contributed by atoms with Crippen LogP contribution in [0.1, 0.15) is 46.6 Å². The Morgan fingerprint density at radius 3 is 2.66 bits per heavy atom. The number of alkyl halides is 3. The molecule has 0 atom stereocenters. The maximum Gasteiger partial charge on any atom is 0.471 e. The highest BCUT2D eigenvalue weighted by Gasteiger charge is 2.40. The molecule has 164 valence electrons. The first-order chi connectivity index (χ1) is 15.0. The van der Waals surface area contributed by atoms with Crippen LogP contribution in [0.2, 0.25) is 0 Å². The number of H-pyrrole nitrogens is 1. The molecule has 2 N–H and O–H groups in total. The summed E-state index contributed by atoms with van der Waals surface area (Å²) in [5.41, 5.74) is 3.06. The second-order valence-electron chi connectivity index (χ2n) is 8.01. The lowest BCUT2D eigenvalue weighted by atomic mass is 9.71. The van der Waals surface area contributed by atoms with Gasteiger partial charge in [-0.1, -0.05) is 19.9 Å². The van der Waals surface area contributed by atoms with E-state index >= 15 is 0 Å². The fraction of sp³-hybridized carbons (Fsp3) is 0.261. The van der Waals surface area contributed by atoms with E-state index in [1.165, 1.54) is 0 Å². The number of nitrogens with one attached hydrogen (secondary N) is 2. The lowest BCUT2D eigenvalue weighted by Crippen LogP contribution is -2.38. The second kappa shape index (κ2) is 7.41. The molecule has 0 aliphatic heterocycles. The number of ketones is 1. The third kappa shape index (κ3) is 3.47. The molecule has 0 saturated carbocycles. The largest absolute Gasteiger partial charge is 0.492 e. The Kier molecular flexibility index (Phi) is 4.96. The van der Waals surface area contributed by atoms with Crippen LogP contribution in [-0.4, -0.2) is 36.0 Å². The highest BCUT2D eigenvalue weighted by Crippen LogP contribution is 2.44. The van der Waals surface area contributed by atoms with E-state index in [0.717, 1.165) is 11.1 Å². The molecule has 1 aromatic heterocycles. The fourth-order valence-electron chi connectivity index (χ4n) is 4.00. The van der Waals surface area contributed by atoms with Gasteiger partial charge in [-0.15, -0.1) is 0 Å². The fourth-order valence-corrected chi connectivity index (χ4v) is 4.00. The molecule has 1 aliphatic carbocycles. The zero-order chi connectivity index (χ0) is 23.3. The Bertz CT molecular complexity index is 1300. The van der Waals surface area contributed by atoms with Crippen LogP contribution in [0.15, 0.2) is 36.4 Å². The monoisotopic (exact) mass is 441 g/mol. The molecule has 32 heavy (non-hydrogen) atoms. The van der Waals surface area contributed by atoms with Crippen LogP contribution in [0.5, 0.6) is 5.75 Å². The van der Waals surface area contributed by atoms with E-state index in [0.29, 0.717) is 33.5 Å². The van der Waals surface area contributed by atoms with Crippen molar-refractivity contribution in [1.82, 2.24) is 10.3 Å². The number of rotatable bonds is 4. The second-order valence-corrected chi connectivity index (χ2v) is 8.01. The topological polar surface area (TPSA) is 95.0 Å². The number of hydrogen-bond acceptors (Lipinski definition) is 4. The number of benzene rings is 2. The number of fused-ring (bicyclic) bond motifs is 4. The normalized spacial score (nSPS) is 14.4. The maximum atomic E-state index is 13.3. The molecule has 4 rings (SSSR count). The minimum Gasteiger partial charge on any atom is -0.492 e. The van der Waals surface area contributed by atoms with E-state index in [1.54, 1.807) is 41.7 Å². The van der Waals surface area contributed by atoms with Gasteiger partial charge in [-0.3, -0.25) is 9.59 Å². The Hall–Kier alpha value is -3.80. The molecule has 0 radical (unpaired) electrons. The van der Waals surface area contributed by atoms with Crippen LogP contribution in [-0.2, 0) is 10.2 Å². The third-order valence-corrected chi connectivity index (χ3v) is 5.60. The van der Waals surface area contributed by atoms with Gasteiger partial charge in [-0.05, 0) is 35.9 Å². The van der Waals surface area contributed by atoms with Crippen molar-refractivity contribution in [2.45, 2.75) is 25.4 Å². The van der Waals surface area contributed by atoms with Crippen LogP contribution >= 0.6 is 0 Å². The zero-order valence-corrected chi connectivity index (χ0v) is 17.2. The summed E-state index contributed by atoms with van der Waals surface area (Å²) in [6.07, 6.45) is -4.94. The van der Waals surface area contributed by atoms with Crippen molar-refractivity contribution in [3.05, 3.63) is 64.3 Å². The third-order valence-electron chi connectivity index (χ3n) is 5.60. The number of hydrogen-bond donors (Lipinski definition) is 2. The Morgan fingerprint density at radius 2 is 1.97 bits per heavy atom. The van der Waals surface area contributed by atoms with E-state index in [2.05, 4.69) is 11.1 Å². The number of carbonyl (C=O) groups is 2. The molecule has 0 bridgehead atoms. The molecular weight excluding hydrogens is 423 g/mol. The summed E-state index contributed by atoms with van der Waals surface area (Å²) in [6, 6.07) is 12.1. The van der Waals surface area contributed by atoms with Crippen molar-refractivity contribution in [3.8, 4) is 11.8 Å².